The van der Waals surface area contributed by atoms with Gasteiger partial charge in [-0.1, -0.05) is 35.5 Å². The molecule has 0 saturated carbocycles. The first-order valence-corrected chi connectivity index (χ1v) is 13.0. The van der Waals surface area contributed by atoms with Gasteiger partial charge >= 0.3 is 6.18 Å². The number of aromatic nitrogens is 3. The molecule has 4 rings (SSSR count). The molecule has 12 heteroatoms. The van der Waals surface area contributed by atoms with Crippen molar-refractivity contribution in [2.45, 2.75) is 30.4 Å². The molecule has 200 valence electrons. The minimum atomic E-state index is -4.56. The number of rotatable bonds is 11. The third kappa shape index (κ3) is 7.40. The minimum Gasteiger partial charge on any atom is -0.493 e. The average molecular weight is 565 g/mol. The molecule has 2 N–H and O–H groups in total. The molecule has 4 aromatic rings. The quantitative estimate of drug-likeness (QED) is 0.156. The number of carbonyl (C=O) groups is 1. The third-order valence-electron chi connectivity index (χ3n) is 5.45. The number of halogens is 4. The maximum Gasteiger partial charge on any atom is 0.417 e. The first kappa shape index (κ1) is 27.7. The molecule has 0 radical (unpaired) electrons. The Morgan fingerprint density at radius 2 is 1.97 bits per heavy atom. The number of H-pyrrole nitrogens is 1. The first-order valence-electron chi connectivity index (χ1n) is 11.6. The second kappa shape index (κ2) is 12.5. The molecule has 0 saturated heterocycles. The van der Waals surface area contributed by atoms with Crippen molar-refractivity contribution in [1.82, 2.24) is 15.0 Å². The highest BCUT2D eigenvalue weighted by molar-refractivity contribution is 7.98. The molecular formula is C26H24ClF3N4O3S. The molecule has 0 aliphatic carbocycles. The molecule has 0 bridgehead atoms. The number of amides is 1. The van der Waals surface area contributed by atoms with Crippen LogP contribution in [0.2, 0.25) is 5.02 Å². The summed E-state index contributed by atoms with van der Waals surface area (Å²) >= 11 is 7.23. The maximum absolute atomic E-state index is 12.8. The fraction of sp³-hybridized carbons (Fsp3) is 0.269. The number of fused-ring (bicyclic) bond motifs is 1. The number of carbonyl (C=O) groups excluding carboxylic acids is 1. The third-order valence-corrected chi connectivity index (χ3v) is 6.65. The smallest absolute Gasteiger partial charge is 0.417 e. The van der Waals surface area contributed by atoms with E-state index in [1.807, 2.05) is 31.2 Å². The first-order chi connectivity index (χ1) is 18.2. The molecule has 0 atom stereocenters. The number of benzene rings is 2. The summed E-state index contributed by atoms with van der Waals surface area (Å²) in [6, 6.07) is 12.7. The molecule has 0 aliphatic rings. The van der Waals surface area contributed by atoms with Crippen LogP contribution in [0.5, 0.6) is 5.75 Å². The lowest BCUT2D eigenvalue weighted by Crippen LogP contribution is -2.19. The number of thioether (sulfide) groups is 1. The number of ether oxygens (including phenoxy) is 2. The highest BCUT2D eigenvalue weighted by Crippen LogP contribution is 2.35. The van der Waals surface area contributed by atoms with Crippen LogP contribution in [0.1, 0.15) is 23.2 Å². The van der Waals surface area contributed by atoms with Crippen LogP contribution in [0.25, 0.3) is 11.0 Å². The second-order valence-corrected chi connectivity index (χ2v) is 9.59. The lowest BCUT2D eigenvalue weighted by atomic mass is 10.2. The highest BCUT2D eigenvalue weighted by Gasteiger charge is 2.33. The summed E-state index contributed by atoms with van der Waals surface area (Å²) in [5.41, 5.74) is 2.93. The van der Waals surface area contributed by atoms with Crippen LogP contribution in [-0.4, -0.2) is 40.7 Å². The zero-order valence-electron chi connectivity index (χ0n) is 20.3. The number of para-hydroxylation sites is 2. The highest BCUT2D eigenvalue weighted by atomic mass is 35.5. The van der Waals surface area contributed by atoms with Crippen molar-refractivity contribution in [3.8, 4) is 5.75 Å². The van der Waals surface area contributed by atoms with E-state index in [4.69, 9.17) is 21.1 Å². The summed E-state index contributed by atoms with van der Waals surface area (Å²) in [5.74, 6) is 0.848. The molecule has 2 aromatic carbocycles. The van der Waals surface area contributed by atoms with E-state index >= 15 is 0 Å². The van der Waals surface area contributed by atoms with E-state index in [0.29, 0.717) is 18.8 Å². The molecule has 38 heavy (non-hydrogen) atoms. The number of alkyl halides is 3. The van der Waals surface area contributed by atoms with E-state index in [1.165, 1.54) is 0 Å². The predicted molar refractivity (Wildman–Crippen MR) is 141 cm³/mol. The second-order valence-electron chi connectivity index (χ2n) is 8.22. The van der Waals surface area contributed by atoms with E-state index in [1.54, 1.807) is 24.0 Å². The van der Waals surface area contributed by atoms with E-state index in [2.05, 4.69) is 20.3 Å². The molecule has 2 aromatic heterocycles. The Balaban J connectivity index is 1.17. The number of anilines is 1. The topological polar surface area (TPSA) is 89.1 Å². The number of aromatic amines is 1. The van der Waals surface area contributed by atoms with Crippen LogP contribution in [-0.2, 0) is 21.5 Å². The standard InChI is InChI=1S/C26H24ClF3N4O3S/c1-16-22(15-38-25-33-20-5-2-3-6-21(20)34-25)31-10-9-23(16)37-12-4-11-36-14-24(35)32-17-7-8-18(19(27)13-17)26(28,29)30/h2-3,5-10,13H,4,11-12,14-15H2,1H3,(H,32,35)(H,33,34). The summed E-state index contributed by atoms with van der Waals surface area (Å²) in [5, 5.41) is 2.79. The lowest BCUT2D eigenvalue weighted by Gasteiger charge is -2.12. The maximum atomic E-state index is 12.8. The lowest BCUT2D eigenvalue weighted by molar-refractivity contribution is -0.137. The summed E-state index contributed by atoms with van der Waals surface area (Å²) < 4.78 is 49.6. The average Bonchev–Trinajstić information content (AvgIpc) is 3.28. The van der Waals surface area contributed by atoms with Crippen LogP contribution >= 0.6 is 23.4 Å². The zero-order valence-corrected chi connectivity index (χ0v) is 21.8. The monoisotopic (exact) mass is 564 g/mol. The number of hydrogen-bond acceptors (Lipinski definition) is 6. The van der Waals surface area contributed by atoms with Crippen LogP contribution in [0.3, 0.4) is 0 Å². The van der Waals surface area contributed by atoms with Crippen molar-refractivity contribution in [3.63, 3.8) is 0 Å². The normalized spacial score (nSPS) is 11.6. The molecule has 0 spiro atoms. The Morgan fingerprint density at radius 1 is 1.16 bits per heavy atom. The van der Waals surface area contributed by atoms with Gasteiger partial charge in [-0.15, -0.1) is 0 Å². The van der Waals surface area contributed by atoms with E-state index in [-0.39, 0.29) is 18.9 Å². The van der Waals surface area contributed by atoms with Gasteiger partial charge in [0.2, 0.25) is 5.91 Å². The summed E-state index contributed by atoms with van der Waals surface area (Å²) in [7, 11) is 0. The Kier molecular flexibility index (Phi) is 9.13. The molecule has 0 aliphatic heterocycles. The van der Waals surface area contributed by atoms with Crippen LogP contribution in [0.15, 0.2) is 59.9 Å². The fourth-order valence-corrected chi connectivity index (χ4v) is 4.72. The summed E-state index contributed by atoms with van der Waals surface area (Å²) in [6.45, 7) is 2.33. The SMILES string of the molecule is Cc1c(OCCCOCC(=O)Nc2ccc(C(F)(F)F)c(Cl)c2)ccnc1CSc1nc2ccccc2[nH]1. The van der Waals surface area contributed by atoms with Crippen molar-refractivity contribution in [2.75, 3.05) is 25.1 Å². The van der Waals surface area contributed by atoms with Gasteiger partial charge in [0.05, 0.1) is 40.5 Å². The van der Waals surface area contributed by atoms with Gasteiger partial charge in [-0.2, -0.15) is 13.2 Å². The molecule has 1 amide bonds. The van der Waals surface area contributed by atoms with E-state index in [9.17, 15) is 18.0 Å². The zero-order chi connectivity index (χ0) is 27.1. The van der Waals surface area contributed by atoms with Gasteiger partial charge in [0, 0.05) is 29.6 Å². The minimum absolute atomic E-state index is 0.155. The van der Waals surface area contributed by atoms with Crippen LogP contribution in [0.4, 0.5) is 18.9 Å². The summed E-state index contributed by atoms with van der Waals surface area (Å²) in [6.07, 6.45) is -2.33. The molecular weight excluding hydrogens is 541 g/mol. The largest absolute Gasteiger partial charge is 0.493 e. The number of nitrogens with zero attached hydrogens (tertiary/aromatic N) is 2. The van der Waals surface area contributed by atoms with Crippen molar-refractivity contribution in [3.05, 3.63) is 76.6 Å². The number of hydrogen-bond donors (Lipinski definition) is 2. The number of imidazole rings is 1. The number of pyridine rings is 1. The van der Waals surface area contributed by atoms with E-state index < -0.39 is 22.7 Å². The fourth-order valence-electron chi connectivity index (χ4n) is 3.52. The Morgan fingerprint density at radius 3 is 2.74 bits per heavy atom. The Labute approximate surface area is 226 Å². The van der Waals surface area contributed by atoms with Gasteiger partial charge in [-0.05, 0) is 43.3 Å². The van der Waals surface area contributed by atoms with Crippen molar-refractivity contribution >= 4 is 46.0 Å². The van der Waals surface area contributed by atoms with Crippen molar-refractivity contribution < 1.29 is 27.4 Å². The van der Waals surface area contributed by atoms with Gasteiger partial charge in [0.25, 0.3) is 0 Å². The predicted octanol–water partition coefficient (Wildman–Crippen LogP) is 6.66. The van der Waals surface area contributed by atoms with Gasteiger partial charge in [-0.25, -0.2) is 4.98 Å². The van der Waals surface area contributed by atoms with Crippen LogP contribution < -0.4 is 10.1 Å². The molecule has 7 nitrogen and oxygen atoms in total. The molecule has 0 fully saturated rings. The van der Waals surface area contributed by atoms with Gasteiger partial charge in [0.15, 0.2) is 5.16 Å². The van der Waals surface area contributed by atoms with Gasteiger partial charge < -0.3 is 19.8 Å². The molecule has 0 unspecified atom stereocenters. The van der Waals surface area contributed by atoms with Crippen molar-refractivity contribution in [1.29, 1.82) is 0 Å². The van der Waals surface area contributed by atoms with Gasteiger partial charge in [0.1, 0.15) is 12.4 Å². The van der Waals surface area contributed by atoms with E-state index in [0.717, 1.165) is 51.4 Å². The number of nitrogens with one attached hydrogen (secondary N) is 2. The van der Waals surface area contributed by atoms with Crippen molar-refractivity contribution in [2.24, 2.45) is 0 Å². The van der Waals surface area contributed by atoms with Crippen LogP contribution in [0, 0.1) is 6.92 Å². The Hall–Kier alpha value is -3.28. The summed E-state index contributed by atoms with van der Waals surface area (Å²) in [4.78, 5) is 24.3. The van der Waals surface area contributed by atoms with Gasteiger partial charge in [-0.3, -0.25) is 9.78 Å². The Bertz CT molecular complexity index is 1380. The molecule has 2 heterocycles.